The largest absolute Gasteiger partial charge is 0.396 e. The van der Waals surface area contributed by atoms with Crippen LogP contribution in [-0.2, 0) is 17.8 Å². The third-order valence-corrected chi connectivity index (χ3v) is 9.50. The van der Waals surface area contributed by atoms with E-state index in [-0.39, 0.29) is 19.6 Å². The number of nitrogens with one attached hydrogen (secondary N) is 1. The second-order valence-corrected chi connectivity index (χ2v) is 12.4. The summed E-state index contributed by atoms with van der Waals surface area (Å²) in [5, 5.41) is 20.6. The number of aliphatic hydroxyl groups excluding tert-OH is 1. The lowest BCUT2D eigenvalue weighted by Gasteiger charge is -2.34. The molecule has 0 saturated heterocycles. The third-order valence-electron chi connectivity index (χ3n) is 8.11. The molecule has 3 aromatic heterocycles. The molecule has 41 heavy (non-hydrogen) atoms. The number of aromatic nitrogens is 5. The number of imidazole rings is 1. The fourth-order valence-electron chi connectivity index (χ4n) is 5.91. The average Bonchev–Trinajstić information content (AvgIpc) is 3.73. The van der Waals surface area contributed by atoms with Gasteiger partial charge in [-0.1, -0.05) is 47.5 Å². The minimum Gasteiger partial charge on any atom is -0.396 e. The Bertz CT molecular complexity index is 1750. The van der Waals surface area contributed by atoms with Crippen molar-refractivity contribution in [2.24, 2.45) is 5.92 Å². The second kappa shape index (κ2) is 10.5. The quantitative estimate of drug-likeness (QED) is 0.226. The molecule has 4 heterocycles. The maximum atomic E-state index is 14.3. The molecular weight excluding hydrogens is 586 g/mol. The van der Waals surface area contributed by atoms with Crippen molar-refractivity contribution in [3.05, 3.63) is 81.4 Å². The highest BCUT2D eigenvalue weighted by atomic mass is 35.5. The SMILES string of the molecule is O=C(Nc1nccs1)C(c1ncn2c1C[C@@H](F)C2)n1cc2c(Cl)cc(-c3ccc(C4CC(CO)C4)cc3)c(Cl)c2n1. The Morgan fingerprint density at radius 2 is 2.02 bits per heavy atom. The number of anilines is 1. The Morgan fingerprint density at radius 3 is 2.76 bits per heavy atom. The topological polar surface area (TPSA) is 97.9 Å². The van der Waals surface area contributed by atoms with Crippen molar-refractivity contribution < 1.29 is 14.3 Å². The molecule has 1 aliphatic carbocycles. The zero-order valence-corrected chi connectivity index (χ0v) is 24.0. The van der Waals surface area contributed by atoms with Crippen molar-refractivity contribution >= 4 is 56.5 Å². The van der Waals surface area contributed by atoms with Gasteiger partial charge < -0.3 is 9.67 Å². The van der Waals surface area contributed by atoms with Crippen LogP contribution in [0.1, 0.15) is 41.8 Å². The molecule has 2 N–H and O–H groups in total. The standard InChI is InChI=1S/C29H25Cl2FN6O2S/c30-22-10-20(17-3-1-16(2-4-17)18-7-15(8-18)13-39)24(31)25-21(22)12-38(36-25)27(28(40)35-29-33-5-6-41-29)26-23-9-19(32)11-37(23)14-34-26/h1-6,10,12,14-15,18-19,27,39H,7-9,11,13H2,(H,33,35,40)/t15?,18?,19-,27?/m1/s1. The van der Waals surface area contributed by atoms with E-state index in [1.807, 2.05) is 18.2 Å². The van der Waals surface area contributed by atoms with Gasteiger partial charge in [-0.15, -0.1) is 11.3 Å². The fourth-order valence-corrected chi connectivity index (χ4v) is 6.99. The van der Waals surface area contributed by atoms with Crippen molar-refractivity contribution in [3.8, 4) is 11.1 Å². The molecule has 2 atom stereocenters. The number of carbonyl (C=O) groups excluding carboxylic acids is 1. The van der Waals surface area contributed by atoms with Crippen LogP contribution in [0, 0.1) is 5.92 Å². The number of carbonyl (C=O) groups is 1. The van der Waals surface area contributed by atoms with Gasteiger partial charge in [0.25, 0.3) is 5.91 Å². The molecule has 1 saturated carbocycles. The van der Waals surface area contributed by atoms with Gasteiger partial charge in [0.05, 0.1) is 28.6 Å². The minimum atomic E-state index is -1.04. The smallest absolute Gasteiger partial charge is 0.257 e. The van der Waals surface area contributed by atoms with Crippen LogP contribution < -0.4 is 5.32 Å². The predicted octanol–water partition coefficient (Wildman–Crippen LogP) is 6.27. The van der Waals surface area contributed by atoms with Crippen molar-refractivity contribution in [3.63, 3.8) is 0 Å². The van der Waals surface area contributed by atoms with Crippen LogP contribution in [0.3, 0.4) is 0 Å². The second-order valence-electron chi connectivity index (χ2n) is 10.7. The number of hydrogen-bond donors (Lipinski definition) is 2. The lowest BCUT2D eigenvalue weighted by atomic mass is 9.72. The number of fused-ring (bicyclic) bond motifs is 2. The Labute approximate surface area is 248 Å². The Balaban J connectivity index is 1.27. The number of thiazole rings is 1. The first-order valence-electron chi connectivity index (χ1n) is 13.4. The average molecular weight is 612 g/mol. The highest BCUT2D eigenvalue weighted by molar-refractivity contribution is 7.13. The Hall–Kier alpha value is -3.31. The number of nitrogens with zero attached hydrogens (tertiary/aromatic N) is 5. The van der Waals surface area contributed by atoms with Crippen molar-refractivity contribution in [2.45, 2.75) is 43.9 Å². The minimum absolute atomic E-state index is 0.167. The summed E-state index contributed by atoms with van der Waals surface area (Å²) < 4.78 is 17.5. The summed E-state index contributed by atoms with van der Waals surface area (Å²) in [6.07, 6.45) is 5.97. The number of hydrogen-bond acceptors (Lipinski definition) is 6. The first-order valence-corrected chi connectivity index (χ1v) is 15.0. The molecule has 1 amide bonds. The fraction of sp³-hybridized carbons (Fsp3) is 0.310. The van der Waals surface area contributed by atoms with E-state index in [1.165, 1.54) is 21.6 Å². The van der Waals surface area contributed by atoms with Gasteiger partial charge in [0.15, 0.2) is 11.2 Å². The zero-order chi connectivity index (χ0) is 28.2. The first-order chi connectivity index (χ1) is 19.9. The highest BCUT2D eigenvalue weighted by Crippen LogP contribution is 2.43. The van der Waals surface area contributed by atoms with Gasteiger partial charge >= 0.3 is 0 Å². The van der Waals surface area contributed by atoms with E-state index in [0.29, 0.717) is 49.3 Å². The molecular formula is C29H25Cl2FN6O2S. The van der Waals surface area contributed by atoms with E-state index < -0.39 is 18.1 Å². The van der Waals surface area contributed by atoms with E-state index in [9.17, 15) is 14.3 Å². The molecule has 0 bridgehead atoms. The van der Waals surface area contributed by atoms with Gasteiger partial charge in [-0.05, 0) is 41.9 Å². The summed E-state index contributed by atoms with van der Waals surface area (Å²) in [6.45, 7) is 0.440. The van der Waals surface area contributed by atoms with Gasteiger partial charge in [0.1, 0.15) is 11.7 Å². The van der Waals surface area contributed by atoms with Gasteiger partial charge in [-0.2, -0.15) is 5.10 Å². The summed E-state index contributed by atoms with van der Waals surface area (Å²) in [4.78, 5) is 22.3. The van der Waals surface area contributed by atoms with Gasteiger partial charge in [-0.25, -0.2) is 14.4 Å². The van der Waals surface area contributed by atoms with Crippen molar-refractivity contribution in [1.29, 1.82) is 0 Å². The van der Waals surface area contributed by atoms with Crippen LogP contribution in [0.5, 0.6) is 0 Å². The lowest BCUT2D eigenvalue weighted by Crippen LogP contribution is -2.28. The highest BCUT2D eigenvalue weighted by Gasteiger charge is 2.35. The van der Waals surface area contributed by atoms with Crippen LogP contribution in [0.25, 0.3) is 22.0 Å². The summed E-state index contributed by atoms with van der Waals surface area (Å²) in [5.41, 5.74) is 4.40. The first kappa shape index (κ1) is 26.6. The van der Waals surface area contributed by atoms with E-state index in [1.54, 1.807) is 28.7 Å². The summed E-state index contributed by atoms with van der Waals surface area (Å²) in [7, 11) is 0. The van der Waals surface area contributed by atoms with E-state index in [0.717, 1.165) is 24.0 Å². The maximum absolute atomic E-state index is 14.3. The molecule has 0 spiro atoms. The molecule has 12 heteroatoms. The molecule has 2 aromatic carbocycles. The summed E-state index contributed by atoms with van der Waals surface area (Å²) in [6, 6.07) is 9.05. The Kier molecular flexibility index (Phi) is 6.81. The molecule has 7 rings (SSSR count). The van der Waals surface area contributed by atoms with Gasteiger partial charge in [-0.3, -0.25) is 14.8 Å². The van der Waals surface area contributed by atoms with Crippen molar-refractivity contribution in [2.75, 3.05) is 11.9 Å². The van der Waals surface area contributed by atoms with E-state index in [2.05, 4.69) is 27.4 Å². The third kappa shape index (κ3) is 4.72. The molecule has 1 unspecified atom stereocenters. The van der Waals surface area contributed by atoms with Gasteiger partial charge in [0, 0.05) is 47.4 Å². The monoisotopic (exact) mass is 610 g/mol. The van der Waals surface area contributed by atoms with Crippen LogP contribution in [0.4, 0.5) is 9.52 Å². The van der Waals surface area contributed by atoms with E-state index in [4.69, 9.17) is 28.3 Å². The number of rotatable bonds is 7. The number of halogens is 3. The molecule has 1 fully saturated rings. The van der Waals surface area contributed by atoms with Crippen LogP contribution in [-0.4, -0.2) is 48.1 Å². The maximum Gasteiger partial charge on any atom is 0.257 e. The Morgan fingerprint density at radius 1 is 1.22 bits per heavy atom. The number of benzene rings is 2. The van der Waals surface area contributed by atoms with Crippen molar-refractivity contribution in [1.82, 2.24) is 24.3 Å². The van der Waals surface area contributed by atoms with Crippen LogP contribution >= 0.6 is 34.5 Å². The molecule has 8 nitrogen and oxygen atoms in total. The number of amides is 1. The summed E-state index contributed by atoms with van der Waals surface area (Å²) in [5.74, 6) is 0.446. The van der Waals surface area contributed by atoms with Gasteiger partial charge in [0.2, 0.25) is 0 Å². The number of aliphatic hydroxyl groups is 1. The van der Waals surface area contributed by atoms with Crippen LogP contribution in [0.2, 0.25) is 10.0 Å². The zero-order valence-electron chi connectivity index (χ0n) is 21.7. The molecule has 210 valence electrons. The van der Waals surface area contributed by atoms with Crippen LogP contribution in [0.15, 0.2) is 54.4 Å². The predicted molar refractivity (Wildman–Crippen MR) is 157 cm³/mol. The summed E-state index contributed by atoms with van der Waals surface area (Å²) >= 11 is 15.0. The lowest BCUT2D eigenvalue weighted by molar-refractivity contribution is -0.118. The normalized spacial score (nSPS) is 20.6. The molecule has 2 aliphatic rings. The van der Waals surface area contributed by atoms with E-state index >= 15 is 0 Å². The molecule has 5 aromatic rings. The molecule has 0 radical (unpaired) electrons. The number of alkyl halides is 1. The molecule has 1 aliphatic heterocycles.